The second kappa shape index (κ2) is 5.75. The normalized spacial score (nSPS) is 37.2. The van der Waals surface area contributed by atoms with Crippen LogP contribution in [0.2, 0.25) is 0 Å². The van der Waals surface area contributed by atoms with E-state index >= 15 is 0 Å². The Balaban J connectivity index is 1.72. The Hall–Kier alpha value is -2.07. The maximum atomic E-state index is 13.6. The van der Waals surface area contributed by atoms with Gasteiger partial charge in [0.15, 0.2) is 21.2 Å². The molecule has 5 aliphatic heterocycles. The second-order valence-corrected chi connectivity index (χ2v) is 10.9. The van der Waals surface area contributed by atoms with Gasteiger partial charge in [-0.15, -0.1) is 0 Å². The molecule has 4 atom stereocenters. The average Bonchev–Trinajstić information content (AvgIpc) is 3.28. The van der Waals surface area contributed by atoms with Gasteiger partial charge in [0.1, 0.15) is 0 Å². The number of esters is 1. The maximum absolute atomic E-state index is 13.6. The minimum absolute atomic E-state index is 0.123. The van der Waals surface area contributed by atoms with Crippen molar-refractivity contribution < 1.29 is 28.6 Å². The zero-order chi connectivity index (χ0) is 20.8. The third-order valence-electron chi connectivity index (χ3n) is 6.46. The molecule has 4 unspecified atom stereocenters. The van der Waals surface area contributed by atoms with Crippen LogP contribution in [0.1, 0.15) is 31.9 Å². The average molecular weight is 437 g/mol. The molecule has 10 heteroatoms. The van der Waals surface area contributed by atoms with E-state index in [2.05, 4.69) is 0 Å². The molecule has 154 valence electrons. The number of benzene rings is 1. The lowest BCUT2D eigenvalue weighted by molar-refractivity contribution is -0.165. The quantitative estimate of drug-likeness (QED) is 0.515. The Morgan fingerprint density at radius 2 is 1.90 bits per heavy atom. The van der Waals surface area contributed by atoms with Crippen molar-refractivity contribution in [2.75, 3.05) is 21.0 Å². The number of ether oxygens (including phenoxy) is 3. The van der Waals surface area contributed by atoms with E-state index in [4.69, 9.17) is 14.2 Å². The summed E-state index contributed by atoms with van der Waals surface area (Å²) < 4.78 is 16.0. The largest absolute Gasteiger partial charge is 0.469 e. The minimum atomic E-state index is -1.15. The van der Waals surface area contributed by atoms with Gasteiger partial charge in [-0.05, 0) is 31.5 Å². The first-order valence-electron chi connectivity index (χ1n) is 9.16. The Morgan fingerprint density at radius 3 is 2.62 bits per heavy atom. The number of hydrogen-bond donors (Lipinski definition) is 0. The molecular weight excluding hydrogens is 416 g/mol. The number of methoxy groups -OCH3 is 1. The standard InChI is InChI=1S/C19H20N2O6S2/c1-17(16(24)25-4)8-19-15(23)20(3)18(2,28-29-19)14(22)21(19)13(17)10-5-6-11-12(7-10)27-9-26-11/h5-7,13H,8-9H2,1-4H3. The number of rotatable bonds is 2. The zero-order valence-corrected chi connectivity index (χ0v) is 18.0. The topological polar surface area (TPSA) is 85.4 Å². The molecule has 5 heterocycles. The Morgan fingerprint density at radius 1 is 1.17 bits per heavy atom. The molecule has 2 amide bonds. The molecule has 8 nitrogen and oxygen atoms in total. The van der Waals surface area contributed by atoms with Crippen LogP contribution in [0.15, 0.2) is 18.2 Å². The monoisotopic (exact) mass is 436 g/mol. The molecule has 1 spiro atoms. The van der Waals surface area contributed by atoms with E-state index in [0.29, 0.717) is 17.1 Å². The summed E-state index contributed by atoms with van der Waals surface area (Å²) in [6.45, 7) is 3.64. The number of hydrogen-bond acceptors (Lipinski definition) is 8. The molecule has 2 bridgehead atoms. The van der Waals surface area contributed by atoms with Crippen molar-refractivity contribution in [3.05, 3.63) is 23.8 Å². The molecular formula is C19H20N2O6S2. The lowest BCUT2D eigenvalue weighted by Crippen LogP contribution is -2.73. The van der Waals surface area contributed by atoms with Gasteiger partial charge in [0.25, 0.3) is 11.8 Å². The van der Waals surface area contributed by atoms with E-state index < -0.39 is 27.2 Å². The van der Waals surface area contributed by atoms with Crippen molar-refractivity contribution in [2.45, 2.75) is 36.1 Å². The maximum Gasteiger partial charge on any atom is 0.314 e. The van der Waals surface area contributed by atoms with Gasteiger partial charge < -0.3 is 24.0 Å². The summed E-state index contributed by atoms with van der Waals surface area (Å²) in [6, 6.07) is 4.71. The molecule has 0 saturated carbocycles. The summed E-state index contributed by atoms with van der Waals surface area (Å²) in [6.07, 6.45) is 0.175. The predicted octanol–water partition coefficient (Wildman–Crippen LogP) is 2.15. The number of carbonyl (C=O) groups is 3. The Kier molecular flexibility index (Phi) is 3.75. The van der Waals surface area contributed by atoms with Crippen molar-refractivity contribution in [1.82, 2.24) is 9.80 Å². The van der Waals surface area contributed by atoms with Gasteiger partial charge in [-0.2, -0.15) is 0 Å². The van der Waals surface area contributed by atoms with Crippen LogP contribution in [0.5, 0.6) is 11.5 Å². The van der Waals surface area contributed by atoms with Crippen LogP contribution in [-0.2, 0) is 19.1 Å². The zero-order valence-electron chi connectivity index (χ0n) is 16.4. The van der Waals surface area contributed by atoms with E-state index in [0.717, 1.165) is 0 Å². The Bertz CT molecular complexity index is 972. The lowest BCUT2D eigenvalue weighted by atomic mass is 9.78. The van der Waals surface area contributed by atoms with E-state index in [1.54, 1.807) is 37.9 Å². The van der Waals surface area contributed by atoms with Crippen LogP contribution in [0.25, 0.3) is 0 Å². The van der Waals surface area contributed by atoms with Gasteiger partial charge in [0.2, 0.25) is 6.79 Å². The van der Waals surface area contributed by atoms with Crippen LogP contribution < -0.4 is 9.47 Å². The smallest absolute Gasteiger partial charge is 0.314 e. The fourth-order valence-corrected chi connectivity index (χ4v) is 8.40. The highest BCUT2D eigenvalue weighted by atomic mass is 33.1. The summed E-state index contributed by atoms with van der Waals surface area (Å²) in [4.78, 5) is 41.0. The fourth-order valence-electron chi connectivity index (χ4n) is 4.82. The summed E-state index contributed by atoms with van der Waals surface area (Å²) >= 11 is 0. The number of fused-ring (bicyclic) bond motifs is 3. The summed E-state index contributed by atoms with van der Waals surface area (Å²) in [5.74, 6) is 0.370. The third kappa shape index (κ3) is 2.11. The Labute approximate surface area is 175 Å². The number of carbonyl (C=O) groups excluding carboxylic acids is 3. The van der Waals surface area contributed by atoms with Gasteiger partial charge in [-0.3, -0.25) is 14.4 Å². The molecule has 1 aromatic rings. The van der Waals surface area contributed by atoms with Gasteiger partial charge in [-0.25, -0.2) is 0 Å². The third-order valence-corrected chi connectivity index (χ3v) is 10.2. The highest BCUT2D eigenvalue weighted by molar-refractivity contribution is 8.78. The number of piperazine rings is 1. The summed E-state index contributed by atoms with van der Waals surface area (Å²) in [7, 11) is 5.72. The van der Waals surface area contributed by atoms with Gasteiger partial charge in [0.05, 0.1) is 18.6 Å². The first kappa shape index (κ1) is 18.9. The van der Waals surface area contributed by atoms with Gasteiger partial charge in [0, 0.05) is 13.5 Å². The van der Waals surface area contributed by atoms with Gasteiger partial charge >= 0.3 is 5.97 Å². The minimum Gasteiger partial charge on any atom is -0.469 e. The van der Waals surface area contributed by atoms with Crippen molar-refractivity contribution in [1.29, 1.82) is 0 Å². The number of amides is 2. The van der Waals surface area contributed by atoms with Crippen LogP contribution in [0, 0.1) is 5.41 Å². The van der Waals surface area contributed by atoms with Crippen LogP contribution in [0.4, 0.5) is 0 Å². The highest BCUT2D eigenvalue weighted by Gasteiger charge is 2.76. The van der Waals surface area contributed by atoms with Crippen molar-refractivity contribution >= 4 is 39.4 Å². The lowest BCUT2D eigenvalue weighted by Gasteiger charge is -2.57. The second-order valence-electron chi connectivity index (χ2n) is 8.07. The molecule has 29 heavy (non-hydrogen) atoms. The van der Waals surface area contributed by atoms with E-state index in [-0.39, 0.29) is 25.0 Å². The van der Waals surface area contributed by atoms with Crippen LogP contribution in [-0.4, -0.2) is 58.3 Å². The molecule has 0 aromatic heterocycles. The SMILES string of the molecule is COC(=O)C1(C)CC23SSC(C)(C(=O)N2C1c1ccc2c(c1)OCO2)N(C)C3=O. The molecule has 6 rings (SSSR count). The first-order chi connectivity index (χ1) is 13.7. The van der Waals surface area contributed by atoms with E-state index in [1.807, 2.05) is 6.07 Å². The number of likely N-dealkylation sites (N-methyl/N-ethyl adjacent to an activating group) is 1. The highest BCUT2D eigenvalue weighted by Crippen LogP contribution is 2.69. The first-order valence-corrected chi connectivity index (χ1v) is 11.3. The van der Waals surface area contributed by atoms with E-state index in [1.165, 1.54) is 33.6 Å². The van der Waals surface area contributed by atoms with Crippen LogP contribution >= 0.6 is 21.6 Å². The van der Waals surface area contributed by atoms with Crippen molar-refractivity contribution in [3.63, 3.8) is 0 Å². The molecule has 4 fully saturated rings. The van der Waals surface area contributed by atoms with Crippen LogP contribution in [0.3, 0.4) is 0 Å². The molecule has 0 aliphatic carbocycles. The number of nitrogens with zero attached hydrogens (tertiary/aromatic N) is 2. The predicted molar refractivity (Wildman–Crippen MR) is 106 cm³/mol. The summed E-state index contributed by atoms with van der Waals surface area (Å²) in [5.41, 5.74) is -0.387. The fraction of sp³-hybridized carbons (Fsp3) is 0.526. The van der Waals surface area contributed by atoms with Gasteiger partial charge in [-0.1, -0.05) is 27.7 Å². The molecule has 0 radical (unpaired) electrons. The van der Waals surface area contributed by atoms with Crippen molar-refractivity contribution in [3.8, 4) is 11.5 Å². The molecule has 0 N–H and O–H groups in total. The van der Waals surface area contributed by atoms with E-state index in [9.17, 15) is 14.4 Å². The molecule has 1 aromatic carbocycles. The summed E-state index contributed by atoms with van der Waals surface area (Å²) in [5, 5.41) is 0. The molecule has 5 aliphatic rings. The van der Waals surface area contributed by atoms with Crippen molar-refractivity contribution in [2.24, 2.45) is 5.41 Å². The molecule has 4 saturated heterocycles.